The van der Waals surface area contributed by atoms with E-state index in [1.165, 1.54) is 18.4 Å². The highest BCUT2D eigenvalue weighted by Gasteiger charge is 2.43. The van der Waals surface area contributed by atoms with Crippen molar-refractivity contribution in [2.75, 3.05) is 45.3 Å². The van der Waals surface area contributed by atoms with E-state index in [-0.39, 0.29) is 12.7 Å². The number of benzene rings is 1. The summed E-state index contributed by atoms with van der Waals surface area (Å²) >= 11 is 0. The van der Waals surface area contributed by atoms with Gasteiger partial charge in [0.25, 0.3) is 0 Å². The molecule has 4 heterocycles. The molecule has 2 atom stereocenters. The number of hydrogen-bond acceptors (Lipinski definition) is 7. The molecule has 2 aliphatic heterocycles. The average molecular weight is 508 g/mol. The molecule has 1 N–H and O–H groups in total. The third-order valence-electron chi connectivity index (χ3n) is 6.99. The predicted octanol–water partition coefficient (Wildman–Crippen LogP) is 4.59. The molecule has 194 valence electrons. The Morgan fingerprint density at radius 2 is 2.03 bits per heavy atom. The second-order valence-electron chi connectivity index (χ2n) is 9.53. The zero-order chi connectivity index (χ0) is 25.4. The SMILES string of the molecule is COc1cc(NC2CN(CCCF)C2)cnc1[C@@H]1c2ccc3ncoc3c2C[C@@H](C)N1CC(F)(F)F. The van der Waals surface area contributed by atoms with Gasteiger partial charge in [0, 0.05) is 37.3 Å². The highest BCUT2D eigenvalue weighted by Crippen LogP contribution is 2.44. The third kappa shape index (κ3) is 4.86. The second-order valence-corrected chi connectivity index (χ2v) is 9.53. The van der Waals surface area contributed by atoms with Crippen molar-refractivity contribution in [3.8, 4) is 5.75 Å². The fraction of sp³-hybridized carbons (Fsp3) is 0.520. The van der Waals surface area contributed by atoms with Crippen molar-refractivity contribution in [3.05, 3.63) is 47.6 Å². The summed E-state index contributed by atoms with van der Waals surface area (Å²) in [5.41, 5.74) is 3.95. The molecule has 1 saturated heterocycles. The number of pyridine rings is 1. The number of alkyl halides is 4. The first-order chi connectivity index (χ1) is 17.3. The van der Waals surface area contributed by atoms with E-state index < -0.39 is 24.8 Å². The van der Waals surface area contributed by atoms with Crippen molar-refractivity contribution in [2.24, 2.45) is 0 Å². The van der Waals surface area contributed by atoms with Crippen LogP contribution in [0, 0.1) is 0 Å². The van der Waals surface area contributed by atoms with Crippen molar-refractivity contribution in [1.82, 2.24) is 19.8 Å². The lowest BCUT2D eigenvalue weighted by Crippen LogP contribution is -2.54. The van der Waals surface area contributed by atoms with E-state index in [2.05, 4.69) is 20.2 Å². The number of aromatic nitrogens is 2. The Morgan fingerprint density at radius 3 is 2.75 bits per heavy atom. The van der Waals surface area contributed by atoms with Crippen LogP contribution in [0.3, 0.4) is 0 Å². The summed E-state index contributed by atoms with van der Waals surface area (Å²) in [6.45, 7) is 2.70. The van der Waals surface area contributed by atoms with Crippen LogP contribution in [0.2, 0.25) is 0 Å². The van der Waals surface area contributed by atoms with Gasteiger partial charge in [-0.2, -0.15) is 13.2 Å². The molecule has 0 saturated carbocycles. The Labute approximate surface area is 206 Å². The first-order valence-electron chi connectivity index (χ1n) is 12.0. The molecule has 0 unspecified atom stereocenters. The number of fused-ring (bicyclic) bond motifs is 3. The number of likely N-dealkylation sites (tertiary alicyclic amines) is 1. The fourth-order valence-electron chi connectivity index (χ4n) is 5.34. The number of rotatable bonds is 8. The smallest absolute Gasteiger partial charge is 0.401 e. The Balaban J connectivity index is 1.48. The van der Waals surface area contributed by atoms with Gasteiger partial charge < -0.3 is 14.5 Å². The number of methoxy groups -OCH3 is 1. The van der Waals surface area contributed by atoms with Crippen LogP contribution in [0.4, 0.5) is 23.2 Å². The topological polar surface area (TPSA) is 66.7 Å². The minimum absolute atomic E-state index is 0.193. The van der Waals surface area contributed by atoms with Gasteiger partial charge in [-0.3, -0.25) is 19.2 Å². The van der Waals surface area contributed by atoms with Gasteiger partial charge in [-0.05, 0) is 31.4 Å². The first-order valence-corrected chi connectivity index (χ1v) is 12.0. The molecule has 1 fully saturated rings. The zero-order valence-corrected chi connectivity index (χ0v) is 20.2. The highest BCUT2D eigenvalue weighted by atomic mass is 19.4. The predicted molar refractivity (Wildman–Crippen MR) is 127 cm³/mol. The van der Waals surface area contributed by atoms with Gasteiger partial charge in [0.15, 0.2) is 12.0 Å². The maximum absolute atomic E-state index is 13.7. The highest BCUT2D eigenvalue weighted by molar-refractivity contribution is 5.78. The Hall–Kier alpha value is -2.92. The van der Waals surface area contributed by atoms with E-state index in [1.807, 2.05) is 6.07 Å². The summed E-state index contributed by atoms with van der Waals surface area (Å²) in [7, 11) is 1.49. The van der Waals surface area contributed by atoms with Crippen molar-refractivity contribution < 1.29 is 26.7 Å². The van der Waals surface area contributed by atoms with Crippen LogP contribution >= 0.6 is 0 Å². The Kier molecular flexibility index (Phi) is 6.78. The number of oxazole rings is 1. The van der Waals surface area contributed by atoms with E-state index in [0.717, 1.165) is 30.9 Å². The summed E-state index contributed by atoms with van der Waals surface area (Å²) in [4.78, 5) is 12.4. The van der Waals surface area contributed by atoms with Gasteiger partial charge in [-0.25, -0.2) is 4.98 Å². The van der Waals surface area contributed by atoms with E-state index in [9.17, 15) is 17.6 Å². The van der Waals surface area contributed by atoms with Gasteiger partial charge in [-0.1, -0.05) is 6.07 Å². The van der Waals surface area contributed by atoms with E-state index in [1.54, 1.807) is 25.3 Å². The van der Waals surface area contributed by atoms with Crippen LogP contribution < -0.4 is 10.1 Å². The largest absolute Gasteiger partial charge is 0.495 e. The molecule has 5 rings (SSSR count). The number of halogens is 4. The minimum atomic E-state index is -4.38. The fourth-order valence-corrected chi connectivity index (χ4v) is 5.34. The van der Waals surface area contributed by atoms with E-state index in [4.69, 9.17) is 9.15 Å². The van der Waals surface area contributed by atoms with E-state index in [0.29, 0.717) is 40.9 Å². The molecule has 11 heteroatoms. The van der Waals surface area contributed by atoms with Gasteiger partial charge in [0.1, 0.15) is 17.0 Å². The molecule has 3 aromatic rings. The molecule has 0 bridgehead atoms. The molecule has 36 heavy (non-hydrogen) atoms. The van der Waals surface area contributed by atoms with Crippen LogP contribution in [0.25, 0.3) is 11.1 Å². The molecule has 7 nitrogen and oxygen atoms in total. The number of nitrogens with zero attached hydrogens (tertiary/aromatic N) is 4. The summed E-state index contributed by atoms with van der Waals surface area (Å²) < 4.78 is 64.7. The van der Waals surface area contributed by atoms with Crippen LogP contribution in [0.1, 0.15) is 36.2 Å². The van der Waals surface area contributed by atoms with Crippen molar-refractivity contribution in [2.45, 2.75) is 44.1 Å². The Morgan fingerprint density at radius 1 is 1.22 bits per heavy atom. The van der Waals surface area contributed by atoms with Crippen molar-refractivity contribution in [3.63, 3.8) is 0 Å². The summed E-state index contributed by atoms with van der Waals surface area (Å²) in [6, 6.07) is 4.36. The molecular formula is C25H29F4N5O2. The first kappa shape index (κ1) is 24.8. The quantitative estimate of drug-likeness (QED) is 0.448. The summed E-state index contributed by atoms with van der Waals surface area (Å²) in [5, 5.41) is 3.39. The maximum Gasteiger partial charge on any atom is 0.401 e. The van der Waals surface area contributed by atoms with Gasteiger partial charge in [0.05, 0.1) is 44.3 Å². The number of nitrogens with one attached hydrogen (secondary N) is 1. The lowest BCUT2D eigenvalue weighted by molar-refractivity contribution is -0.155. The number of hydrogen-bond donors (Lipinski definition) is 1. The molecule has 2 aromatic heterocycles. The van der Waals surface area contributed by atoms with Crippen molar-refractivity contribution in [1.29, 1.82) is 0 Å². The normalized spacial score (nSPS) is 21.4. The average Bonchev–Trinajstić information content (AvgIpc) is 3.30. The van der Waals surface area contributed by atoms with Gasteiger partial charge in [0.2, 0.25) is 0 Å². The van der Waals surface area contributed by atoms with E-state index >= 15 is 0 Å². The van der Waals surface area contributed by atoms with Gasteiger partial charge in [-0.15, -0.1) is 0 Å². The molecule has 0 amide bonds. The molecule has 2 aliphatic rings. The van der Waals surface area contributed by atoms with Crippen LogP contribution in [-0.2, 0) is 6.42 Å². The standard InChI is InChI=1S/C25H29F4N5O2/c1-15-8-19-18(4-5-20-24(19)36-14-31-20)23(34(15)13-25(27,28)29)22-21(35-2)9-16(10-30-22)32-17-11-33(12-17)7-3-6-26/h4-5,9-10,14-15,17,23,32H,3,6-8,11-13H2,1-2H3/t15-,23+/m1/s1. The summed E-state index contributed by atoms with van der Waals surface area (Å²) in [6.07, 6.45) is -0.470. The number of anilines is 1. The molecule has 0 aliphatic carbocycles. The molecule has 0 spiro atoms. The van der Waals surface area contributed by atoms with Crippen LogP contribution in [0.15, 0.2) is 35.2 Å². The lowest BCUT2D eigenvalue weighted by Gasteiger charge is -2.42. The molecular weight excluding hydrogens is 478 g/mol. The molecule has 1 aromatic carbocycles. The lowest BCUT2D eigenvalue weighted by atomic mass is 9.86. The van der Waals surface area contributed by atoms with Crippen LogP contribution in [0.5, 0.6) is 5.75 Å². The maximum atomic E-state index is 13.7. The minimum Gasteiger partial charge on any atom is -0.495 e. The van der Waals surface area contributed by atoms with Crippen molar-refractivity contribution >= 4 is 16.8 Å². The monoisotopic (exact) mass is 507 g/mol. The zero-order valence-electron chi connectivity index (χ0n) is 20.2. The third-order valence-corrected chi connectivity index (χ3v) is 6.99. The van der Waals surface area contributed by atoms with Crippen LogP contribution in [-0.4, -0.2) is 78.0 Å². The molecule has 0 radical (unpaired) electrons. The Bertz CT molecular complexity index is 1210. The second kappa shape index (κ2) is 9.85. The van der Waals surface area contributed by atoms with Gasteiger partial charge >= 0.3 is 6.18 Å². The summed E-state index contributed by atoms with van der Waals surface area (Å²) in [5.74, 6) is 0.406. The number of ether oxygens (including phenoxy) is 1.